The minimum absolute atomic E-state index is 0.0594. The molecule has 0 radical (unpaired) electrons. The van der Waals surface area contributed by atoms with E-state index < -0.39 is 0 Å². The molecular formula is C14H15Cl2N3OS. The van der Waals surface area contributed by atoms with Gasteiger partial charge in [-0.2, -0.15) is 0 Å². The van der Waals surface area contributed by atoms with Crippen LogP contribution in [0.4, 0.5) is 0 Å². The molecule has 4 nitrogen and oxygen atoms in total. The van der Waals surface area contributed by atoms with Crippen molar-refractivity contribution in [2.24, 2.45) is 5.73 Å². The molecule has 0 aliphatic heterocycles. The van der Waals surface area contributed by atoms with Gasteiger partial charge in [0.2, 0.25) is 0 Å². The summed E-state index contributed by atoms with van der Waals surface area (Å²) in [5.74, 6) is -0.205. The zero-order chi connectivity index (χ0) is 15.4. The number of aromatic nitrogens is 1. The molecule has 0 aliphatic carbocycles. The van der Waals surface area contributed by atoms with Crippen LogP contribution in [0.15, 0.2) is 23.6 Å². The summed E-state index contributed by atoms with van der Waals surface area (Å²) in [5, 5.41) is 6.27. The molecule has 0 saturated heterocycles. The minimum Gasteiger partial charge on any atom is -0.351 e. The van der Waals surface area contributed by atoms with E-state index in [1.807, 2.05) is 6.92 Å². The van der Waals surface area contributed by atoms with Gasteiger partial charge in [0.1, 0.15) is 10.7 Å². The molecule has 112 valence electrons. The second-order valence-electron chi connectivity index (χ2n) is 4.68. The SMILES string of the molecule is CC(N)CCNC(=O)c1csc(-c2ccc(Cl)cc2Cl)n1. The van der Waals surface area contributed by atoms with Crippen LogP contribution >= 0.6 is 34.5 Å². The lowest BCUT2D eigenvalue weighted by molar-refractivity contribution is 0.0948. The van der Waals surface area contributed by atoms with Crippen molar-refractivity contribution in [3.05, 3.63) is 39.3 Å². The van der Waals surface area contributed by atoms with Gasteiger partial charge in [0.05, 0.1) is 5.02 Å². The van der Waals surface area contributed by atoms with Gasteiger partial charge in [-0.1, -0.05) is 23.2 Å². The first-order valence-electron chi connectivity index (χ1n) is 6.42. The first-order chi connectivity index (χ1) is 9.97. The number of hydrogen-bond donors (Lipinski definition) is 2. The number of carbonyl (C=O) groups is 1. The van der Waals surface area contributed by atoms with Crippen LogP contribution in [0.1, 0.15) is 23.8 Å². The number of nitrogens with one attached hydrogen (secondary N) is 1. The molecule has 0 fully saturated rings. The third kappa shape index (κ3) is 4.41. The second-order valence-corrected chi connectivity index (χ2v) is 6.39. The molecule has 3 N–H and O–H groups in total. The summed E-state index contributed by atoms with van der Waals surface area (Å²) in [6, 6.07) is 5.25. The van der Waals surface area contributed by atoms with Gasteiger partial charge >= 0.3 is 0 Å². The fraction of sp³-hybridized carbons (Fsp3) is 0.286. The molecule has 1 aromatic heterocycles. The van der Waals surface area contributed by atoms with Crippen LogP contribution in [0.5, 0.6) is 0 Å². The van der Waals surface area contributed by atoms with E-state index in [9.17, 15) is 4.79 Å². The Kier molecular flexibility index (Phi) is 5.58. The molecule has 0 saturated carbocycles. The highest BCUT2D eigenvalue weighted by Crippen LogP contribution is 2.32. The number of nitrogens with two attached hydrogens (primary N) is 1. The number of nitrogens with zero attached hydrogens (tertiary/aromatic N) is 1. The number of benzene rings is 1. The molecule has 1 atom stereocenters. The van der Waals surface area contributed by atoms with E-state index in [2.05, 4.69) is 10.3 Å². The molecular weight excluding hydrogens is 329 g/mol. The highest BCUT2D eigenvalue weighted by molar-refractivity contribution is 7.13. The lowest BCUT2D eigenvalue weighted by Gasteiger charge is -2.05. The van der Waals surface area contributed by atoms with Gasteiger partial charge < -0.3 is 11.1 Å². The van der Waals surface area contributed by atoms with E-state index in [0.29, 0.717) is 27.3 Å². The Morgan fingerprint density at radius 1 is 1.48 bits per heavy atom. The van der Waals surface area contributed by atoms with Gasteiger partial charge in [-0.3, -0.25) is 4.79 Å². The fourth-order valence-electron chi connectivity index (χ4n) is 1.67. The first kappa shape index (κ1) is 16.2. The van der Waals surface area contributed by atoms with Gasteiger partial charge in [-0.05, 0) is 31.5 Å². The van der Waals surface area contributed by atoms with Crippen molar-refractivity contribution in [2.45, 2.75) is 19.4 Å². The highest BCUT2D eigenvalue weighted by atomic mass is 35.5. The smallest absolute Gasteiger partial charge is 0.270 e. The van der Waals surface area contributed by atoms with Gasteiger partial charge in [0, 0.05) is 28.6 Å². The Labute approximate surface area is 137 Å². The number of carbonyl (C=O) groups excluding carboxylic acids is 1. The van der Waals surface area contributed by atoms with E-state index in [0.717, 1.165) is 12.0 Å². The van der Waals surface area contributed by atoms with Crippen molar-refractivity contribution in [1.29, 1.82) is 0 Å². The summed E-state index contributed by atoms with van der Waals surface area (Å²) in [6.07, 6.45) is 0.728. The van der Waals surface area contributed by atoms with Gasteiger partial charge in [0.25, 0.3) is 5.91 Å². The summed E-state index contributed by atoms with van der Waals surface area (Å²) in [4.78, 5) is 16.3. The highest BCUT2D eigenvalue weighted by Gasteiger charge is 2.13. The molecule has 1 heterocycles. The average molecular weight is 344 g/mol. The van der Waals surface area contributed by atoms with Crippen molar-refractivity contribution in [2.75, 3.05) is 6.54 Å². The molecule has 0 bridgehead atoms. The number of halogens is 2. The molecule has 2 rings (SSSR count). The number of rotatable bonds is 5. The Morgan fingerprint density at radius 3 is 2.90 bits per heavy atom. The van der Waals surface area contributed by atoms with Gasteiger partial charge in [0.15, 0.2) is 0 Å². The largest absolute Gasteiger partial charge is 0.351 e. The maximum atomic E-state index is 11.9. The topological polar surface area (TPSA) is 68.0 Å². The Morgan fingerprint density at radius 2 is 2.24 bits per heavy atom. The molecule has 0 spiro atoms. The lowest BCUT2D eigenvalue weighted by atomic mass is 10.2. The number of thiazole rings is 1. The summed E-state index contributed by atoms with van der Waals surface area (Å²) in [7, 11) is 0. The van der Waals surface area contributed by atoms with Gasteiger partial charge in [-0.25, -0.2) is 4.98 Å². The maximum Gasteiger partial charge on any atom is 0.270 e. The van der Waals surface area contributed by atoms with E-state index in [1.54, 1.807) is 23.6 Å². The van der Waals surface area contributed by atoms with Gasteiger partial charge in [-0.15, -0.1) is 11.3 Å². The van der Waals surface area contributed by atoms with Crippen molar-refractivity contribution in [1.82, 2.24) is 10.3 Å². The standard InChI is InChI=1S/C14H15Cl2N3OS/c1-8(17)4-5-18-13(20)12-7-21-14(19-12)10-3-2-9(15)6-11(10)16/h2-3,6-8H,4-5,17H2,1H3,(H,18,20). The van der Waals surface area contributed by atoms with Crippen molar-refractivity contribution < 1.29 is 4.79 Å². The van der Waals surface area contributed by atoms with Crippen LogP contribution in [-0.2, 0) is 0 Å². The first-order valence-corrected chi connectivity index (χ1v) is 8.05. The molecule has 1 aromatic carbocycles. The van der Waals surface area contributed by atoms with E-state index >= 15 is 0 Å². The second kappa shape index (κ2) is 7.22. The fourth-order valence-corrected chi connectivity index (χ4v) is 3.06. The average Bonchev–Trinajstić information content (AvgIpc) is 2.87. The van der Waals surface area contributed by atoms with Crippen LogP contribution < -0.4 is 11.1 Å². The normalized spacial score (nSPS) is 12.2. The minimum atomic E-state index is -0.205. The third-order valence-corrected chi connectivity index (χ3v) is 4.21. The monoisotopic (exact) mass is 343 g/mol. The van der Waals surface area contributed by atoms with Crippen LogP contribution in [0, 0.1) is 0 Å². The summed E-state index contributed by atoms with van der Waals surface area (Å²) in [6.45, 7) is 2.43. The molecule has 2 aromatic rings. The Balaban J connectivity index is 2.09. The zero-order valence-corrected chi connectivity index (χ0v) is 13.7. The van der Waals surface area contributed by atoms with E-state index in [4.69, 9.17) is 28.9 Å². The number of amides is 1. The third-order valence-electron chi connectivity index (χ3n) is 2.78. The summed E-state index contributed by atoms with van der Waals surface area (Å²) in [5.41, 5.74) is 6.78. The molecule has 1 unspecified atom stereocenters. The maximum absolute atomic E-state index is 11.9. The predicted molar refractivity (Wildman–Crippen MR) is 88.2 cm³/mol. The van der Waals surface area contributed by atoms with Crippen LogP contribution in [0.2, 0.25) is 10.0 Å². The molecule has 7 heteroatoms. The lowest BCUT2D eigenvalue weighted by Crippen LogP contribution is -2.29. The van der Waals surface area contributed by atoms with Crippen molar-refractivity contribution in [3.8, 4) is 10.6 Å². The Hall–Kier alpha value is -1.14. The molecule has 0 aliphatic rings. The summed E-state index contributed by atoms with van der Waals surface area (Å²) < 4.78 is 0. The Bertz CT molecular complexity index is 643. The summed E-state index contributed by atoms with van der Waals surface area (Å²) >= 11 is 13.4. The van der Waals surface area contributed by atoms with Crippen molar-refractivity contribution >= 4 is 40.4 Å². The molecule has 1 amide bonds. The zero-order valence-electron chi connectivity index (χ0n) is 11.4. The van der Waals surface area contributed by atoms with Crippen LogP contribution in [0.25, 0.3) is 10.6 Å². The predicted octanol–water partition coefficient (Wildman–Crippen LogP) is 3.58. The van der Waals surface area contributed by atoms with E-state index in [-0.39, 0.29) is 11.9 Å². The van der Waals surface area contributed by atoms with E-state index in [1.165, 1.54) is 11.3 Å². The van der Waals surface area contributed by atoms with Crippen LogP contribution in [-0.4, -0.2) is 23.5 Å². The quantitative estimate of drug-likeness (QED) is 0.871. The molecule has 21 heavy (non-hydrogen) atoms. The van der Waals surface area contributed by atoms with Crippen molar-refractivity contribution in [3.63, 3.8) is 0 Å². The number of hydrogen-bond acceptors (Lipinski definition) is 4. The van der Waals surface area contributed by atoms with Crippen LogP contribution in [0.3, 0.4) is 0 Å².